The van der Waals surface area contributed by atoms with Crippen LogP contribution < -0.4 is 0 Å². The van der Waals surface area contributed by atoms with E-state index in [0.29, 0.717) is 16.1 Å². The first kappa shape index (κ1) is 16.3. The normalized spacial score (nSPS) is 12.9. The summed E-state index contributed by atoms with van der Waals surface area (Å²) in [5.41, 5.74) is 4.00. The number of carbonyl (C=O) groups is 1. The zero-order valence-corrected chi connectivity index (χ0v) is 15.2. The molecule has 4 nitrogen and oxygen atoms in total. The van der Waals surface area contributed by atoms with Crippen molar-refractivity contribution in [2.75, 3.05) is 19.6 Å². The summed E-state index contributed by atoms with van der Waals surface area (Å²) < 4.78 is 2.01. The summed E-state index contributed by atoms with van der Waals surface area (Å²) in [6.07, 6.45) is 0. The molecule has 0 fully saturated rings. The maximum absolute atomic E-state index is 13.0. The van der Waals surface area contributed by atoms with E-state index in [-0.39, 0.29) is 5.78 Å². The van der Waals surface area contributed by atoms with Crippen molar-refractivity contribution in [3.8, 4) is 11.3 Å². The van der Waals surface area contributed by atoms with Gasteiger partial charge in [0.05, 0.1) is 22.6 Å². The molecule has 1 aliphatic carbocycles. The van der Waals surface area contributed by atoms with Gasteiger partial charge in [0.1, 0.15) is 5.69 Å². The number of aromatic nitrogens is 2. The van der Waals surface area contributed by atoms with E-state index in [1.807, 2.05) is 41.1 Å². The summed E-state index contributed by atoms with van der Waals surface area (Å²) in [5, 5.41) is 6.24. The first-order valence-corrected chi connectivity index (χ1v) is 9.09. The first-order chi connectivity index (χ1) is 12.2. The van der Waals surface area contributed by atoms with Crippen molar-refractivity contribution < 1.29 is 4.79 Å². The van der Waals surface area contributed by atoms with Crippen molar-refractivity contribution in [1.82, 2.24) is 14.7 Å². The monoisotopic (exact) mass is 353 g/mol. The molecule has 0 unspecified atom stereocenters. The van der Waals surface area contributed by atoms with Gasteiger partial charge in [-0.15, -0.1) is 0 Å². The number of rotatable bonds is 5. The quantitative estimate of drug-likeness (QED) is 0.538. The van der Waals surface area contributed by atoms with Gasteiger partial charge < -0.3 is 4.90 Å². The molecule has 3 aromatic rings. The van der Waals surface area contributed by atoms with Crippen LogP contribution in [-0.4, -0.2) is 40.1 Å². The number of fused-ring (bicyclic) bond motifs is 2. The van der Waals surface area contributed by atoms with E-state index in [4.69, 9.17) is 16.7 Å². The minimum atomic E-state index is -0.0120. The topological polar surface area (TPSA) is 38.1 Å². The molecule has 0 amide bonds. The highest BCUT2D eigenvalue weighted by Gasteiger charge is 2.30. The standard InChI is InChI=1S/C20H20ClN3O/c1-3-23(4-2)11-12-24-16-10-9-15(21)17-18(16)19(22-24)13-7-5-6-8-14(13)20(17)25/h5-10H,3-4,11-12H2,1-2H3. The van der Waals surface area contributed by atoms with Gasteiger partial charge in [-0.2, -0.15) is 5.10 Å². The molecule has 0 saturated heterocycles. The van der Waals surface area contributed by atoms with Crippen LogP contribution in [0, 0.1) is 0 Å². The fourth-order valence-corrected chi connectivity index (χ4v) is 3.87. The molecule has 5 heteroatoms. The highest BCUT2D eigenvalue weighted by molar-refractivity contribution is 6.39. The van der Waals surface area contributed by atoms with Gasteiger partial charge in [0, 0.05) is 23.1 Å². The number of halogens is 1. The number of nitrogens with zero attached hydrogens (tertiary/aromatic N) is 3. The smallest absolute Gasteiger partial charge is 0.195 e. The van der Waals surface area contributed by atoms with Crippen LogP contribution in [0.3, 0.4) is 0 Å². The minimum Gasteiger partial charge on any atom is -0.302 e. The molecule has 2 aromatic carbocycles. The van der Waals surface area contributed by atoms with Gasteiger partial charge >= 0.3 is 0 Å². The Labute approximate surface area is 152 Å². The third-order valence-corrected chi connectivity index (χ3v) is 5.36. The van der Waals surface area contributed by atoms with Crippen molar-refractivity contribution in [2.24, 2.45) is 0 Å². The Hall–Kier alpha value is -2.17. The summed E-state index contributed by atoms with van der Waals surface area (Å²) in [5.74, 6) is -0.0120. The summed E-state index contributed by atoms with van der Waals surface area (Å²) >= 11 is 6.39. The van der Waals surface area contributed by atoms with Crippen LogP contribution >= 0.6 is 11.6 Å². The maximum atomic E-state index is 13.0. The zero-order valence-electron chi connectivity index (χ0n) is 14.4. The summed E-state index contributed by atoms with van der Waals surface area (Å²) in [6.45, 7) is 8.07. The molecule has 1 aliphatic rings. The van der Waals surface area contributed by atoms with Crippen LogP contribution in [0.1, 0.15) is 29.8 Å². The van der Waals surface area contributed by atoms with Gasteiger partial charge in [-0.3, -0.25) is 9.48 Å². The predicted octanol–water partition coefficient (Wildman–Crippen LogP) is 4.24. The lowest BCUT2D eigenvalue weighted by molar-refractivity contribution is 0.104. The van der Waals surface area contributed by atoms with Crippen LogP contribution in [0.5, 0.6) is 0 Å². The van der Waals surface area contributed by atoms with Crippen molar-refractivity contribution >= 4 is 28.3 Å². The zero-order chi connectivity index (χ0) is 17.6. The molecule has 0 spiro atoms. The molecule has 1 heterocycles. The molecule has 0 saturated carbocycles. The summed E-state index contributed by atoms with van der Waals surface area (Å²) in [6, 6.07) is 11.4. The third-order valence-electron chi connectivity index (χ3n) is 5.04. The van der Waals surface area contributed by atoms with Crippen LogP contribution in [0.25, 0.3) is 22.2 Å². The van der Waals surface area contributed by atoms with E-state index < -0.39 is 0 Å². The SMILES string of the molecule is CCN(CC)CCn1nc2c3c(c(Cl)ccc31)C(=O)c1ccccc1-2. The number of hydrogen-bond donors (Lipinski definition) is 0. The van der Waals surface area contributed by atoms with Crippen molar-refractivity contribution in [3.63, 3.8) is 0 Å². The van der Waals surface area contributed by atoms with Crippen LogP contribution in [0.4, 0.5) is 0 Å². The van der Waals surface area contributed by atoms with Crippen molar-refractivity contribution in [2.45, 2.75) is 20.4 Å². The average Bonchev–Trinajstić information content (AvgIpc) is 3.00. The van der Waals surface area contributed by atoms with Gasteiger partial charge in [0.2, 0.25) is 0 Å². The Morgan fingerprint density at radius 3 is 2.52 bits per heavy atom. The molecular formula is C20H20ClN3O. The second kappa shape index (κ2) is 6.28. The Morgan fingerprint density at radius 1 is 1.08 bits per heavy atom. The van der Waals surface area contributed by atoms with Crippen LogP contribution in [0.15, 0.2) is 36.4 Å². The fourth-order valence-electron chi connectivity index (χ4n) is 3.62. The second-order valence-corrected chi connectivity index (χ2v) is 6.70. The molecular weight excluding hydrogens is 334 g/mol. The van der Waals surface area contributed by atoms with E-state index in [1.54, 1.807) is 0 Å². The van der Waals surface area contributed by atoms with Crippen molar-refractivity contribution in [3.05, 3.63) is 52.5 Å². The predicted molar refractivity (Wildman–Crippen MR) is 101 cm³/mol. The Bertz CT molecular complexity index is 972. The fraction of sp³-hybridized carbons (Fsp3) is 0.300. The summed E-state index contributed by atoms with van der Waals surface area (Å²) in [7, 11) is 0. The molecule has 128 valence electrons. The highest BCUT2D eigenvalue weighted by atomic mass is 35.5. The molecule has 0 bridgehead atoms. The number of benzene rings is 2. The van der Waals surface area contributed by atoms with Gasteiger partial charge in [-0.25, -0.2) is 0 Å². The molecule has 0 atom stereocenters. The number of carbonyl (C=O) groups excluding carboxylic acids is 1. The molecule has 0 aliphatic heterocycles. The van der Waals surface area contributed by atoms with E-state index in [9.17, 15) is 4.79 Å². The Balaban J connectivity index is 1.90. The van der Waals surface area contributed by atoms with Gasteiger partial charge in [-0.1, -0.05) is 49.7 Å². The van der Waals surface area contributed by atoms with Gasteiger partial charge in [0.15, 0.2) is 5.78 Å². The number of ketones is 1. The Morgan fingerprint density at radius 2 is 1.80 bits per heavy atom. The van der Waals surface area contributed by atoms with E-state index >= 15 is 0 Å². The average molecular weight is 354 g/mol. The van der Waals surface area contributed by atoms with Crippen molar-refractivity contribution in [1.29, 1.82) is 0 Å². The lowest BCUT2D eigenvalue weighted by Gasteiger charge is -2.17. The number of hydrogen-bond acceptors (Lipinski definition) is 3. The van der Waals surface area contributed by atoms with E-state index in [2.05, 4.69) is 18.7 Å². The van der Waals surface area contributed by atoms with E-state index in [1.165, 1.54) is 0 Å². The first-order valence-electron chi connectivity index (χ1n) is 8.71. The molecule has 0 N–H and O–H groups in total. The number of likely N-dealkylation sites (N-methyl/N-ethyl adjacent to an activating group) is 1. The molecule has 4 rings (SSSR count). The Kier molecular flexibility index (Phi) is 4.10. The highest BCUT2D eigenvalue weighted by Crippen LogP contribution is 2.41. The van der Waals surface area contributed by atoms with Crippen LogP contribution in [0.2, 0.25) is 5.02 Å². The summed E-state index contributed by atoms with van der Waals surface area (Å²) in [4.78, 5) is 15.3. The van der Waals surface area contributed by atoms with E-state index in [0.717, 1.165) is 48.3 Å². The largest absolute Gasteiger partial charge is 0.302 e. The van der Waals surface area contributed by atoms with Gasteiger partial charge in [0.25, 0.3) is 0 Å². The second-order valence-electron chi connectivity index (χ2n) is 6.29. The third kappa shape index (κ3) is 2.48. The van der Waals surface area contributed by atoms with Gasteiger partial charge in [-0.05, 0) is 25.2 Å². The van der Waals surface area contributed by atoms with Crippen LogP contribution in [-0.2, 0) is 6.54 Å². The lowest BCUT2D eigenvalue weighted by Crippen LogP contribution is -2.27. The molecule has 25 heavy (non-hydrogen) atoms. The minimum absolute atomic E-state index is 0.0120. The lowest BCUT2D eigenvalue weighted by atomic mass is 9.87. The molecule has 1 aromatic heterocycles. The maximum Gasteiger partial charge on any atom is 0.195 e. The molecule has 0 radical (unpaired) electrons.